The Labute approximate surface area is 178 Å². The van der Waals surface area contributed by atoms with Crippen LogP contribution in [0.3, 0.4) is 0 Å². The number of aryl methyl sites for hydroxylation is 2. The molecule has 4 rings (SSSR count). The molecule has 6 heteroatoms. The van der Waals surface area contributed by atoms with Crippen molar-refractivity contribution in [1.29, 1.82) is 5.26 Å². The van der Waals surface area contributed by atoms with Gasteiger partial charge in [0.1, 0.15) is 16.4 Å². The molecule has 0 unspecified atom stereocenters. The summed E-state index contributed by atoms with van der Waals surface area (Å²) in [5, 5.41) is 9.83. The highest BCUT2D eigenvalue weighted by Gasteiger charge is 2.19. The fourth-order valence-corrected chi connectivity index (χ4v) is 4.77. The first-order valence-corrected chi connectivity index (χ1v) is 10.5. The molecule has 0 fully saturated rings. The zero-order valence-corrected chi connectivity index (χ0v) is 17.9. The Morgan fingerprint density at radius 1 is 1.20 bits per heavy atom. The Morgan fingerprint density at radius 3 is 2.73 bits per heavy atom. The average Bonchev–Trinajstić information content (AvgIpc) is 3.11. The van der Waals surface area contributed by atoms with Gasteiger partial charge in [0.2, 0.25) is 0 Å². The van der Waals surface area contributed by atoms with Crippen molar-refractivity contribution in [2.45, 2.75) is 26.8 Å². The van der Waals surface area contributed by atoms with Gasteiger partial charge in [-0.2, -0.15) is 5.26 Å². The van der Waals surface area contributed by atoms with E-state index in [1.54, 1.807) is 29.1 Å². The molecule has 0 atom stereocenters. The summed E-state index contributed by atoms with van der Waals surface area (Å²) >= 11 is 1.54. The lowest BCUT2D eigenvalue weighted by Gasteiger charge is -2.12. The molecule has 0 saturated carbocycles. The van der Waals surface area contributed by atoms with Crippen LogP contribution < -0.4 is 10.3 Å². The second kappa shape index (κ2) is 8.13. The molecule has 4 aromatic rings. The summed E-state index contributed by atoms with van der Waals surface area (Å²) in [6, 6.07) is 17.3. The van der Waals surface area contributed by atoms with E-state index in [4.69, 9.17) is 9.72 Å². The number of hydrogen-bond donors (Lipinski definition) is 0. The van der Waals surface area contributed by atoms with Gasteiger partial charge >= 0.3 is 0 Å². The van der Waals surface area contributed by atoms with Gasteiger partial charge in [-0.05, 0) is 42.3 Å². The van der Waals surface area contributed by atoms with Gasteiger partial charge in [-0.25, -0.2) is 4.98 Å². The fraction of sp³-hybridized carbons (Fsp3) is 0.208. The van der Waals surface area contributed by atoms with Crippen LogP contribution in [-0.2, 0) is 13.0 Å². The maximum absolute atomic E-state index is 13.7. The summed E-state index contributed by atoms with van der Waals surface area (Å²) in [6.45, 7) is 4.40. The quantitative estimate of drug-likeness (QED) is 0.464. The number of ether oxygens (including phenoxy) is 1. The first-order valence-electron chi connectivity index (χ1n) is 9.72. The molecular weight excluding hydrogens is 394 g/mol. The summed E-state index contributed by atoms with van der Waals surface area (Å²) < 4.78 is 7.11. The lowest BCUT2D eigenvalue weighted by atomic mass is 10.0. The van der Waals surface area contributed by atoms with Gasteiger partial charge in [-0.15, -0.1) is 11.3 Å². The minimum atomic E-state index is -0.0543. The van der Waals surface area contributed by atoms with Crippen molar-refractivity contribution in [2.24, 2.45) is 0 Å². The van der Waals surface area contributed by atoms with E-state index in [0.29, 0.717) is 23.9 Å². The molecule has 0 saturated heterocycles. The molecule has 5 nitrogen and oxygen atoms in total. The van der Waals surface area contributed by atoms with Crippen molar-refractivity contribution < 1.29 is 4.74 Å². The first-order chi connectivity index (χ1) is 14.5. The normalized spacial score (nSPS) is 10.9. The van der Waals surface area contributed by atoms with Gasteiger partial charge in [0.25, 0.3) is 5.56 Å². The average molecular weight is 416 g/mol. The van der Waals surface area contributed by atoms with Gasteiger partial charge in [0.05, 0.1) is 30.7 Å². The van der Waals surface area contributed by atoms with Crippen LogP contribution in [0.25, 0.3) is 21.3 Å². The van der Waals surface area contributed by atoms with Crippen molar-refractivity contribution in [2.75, 3.05) is 7.11 Å². The van der Waals surface area contributed by atoms with E-state index >= 15 is 0 Å². The van der Waals surface area contributed by atoms with E-state index in [2.05, 4.69) is 6.07 Å². The Morgan fingerprint density at radius 2 is 2.00 bits per heavy atom. The maximum atomic E-state index is 13.7. The molecule has 0 aliphatic carbocycles. The summed E-state index contributed by atoms with van der Waals surface area (Å²) in [4.78, 5) is 20.3. The van der Waals surface area contributed by atoms with Gasteiger partial charge in [0, 0.05) is 16.9 Å². The second-order valence-corrected chi connectivity index (χ2v) is 8.23. The van der Waals surface area contributed by atoms with Crippen molar-refractivity contribution in [3.8, 4) is 22.9 Å². The van der Waals surface area contributed by atoms with Crippen LogP contribution in [0.4, 0.5) is 0 Å². The highest BCUT2D eigenvalue weighted by atomic mass is 32.1. The SMILES string of the molecule is CCc1nc2sc(C)c(-c3cccc(OC)c3)c2c(=O)n1Cc1cccc(C#N)c1. The predicted octanol–water partition coefficient (Wildman–Crippen LogP) is 4.92. The zero-order chi connectivity index (χ0) is 21.3. The van der Waals surface area contributed by atoms with Crippen LogP contribution in [-0.4, -0.2) is 16.7 Å². The molecule has 0 aliphatic heterocycles. The number of aromatic nitrogens is 2. The third-order valence-electron chi connectivity index (χ3n) is 5.14. The van der Waals surface area contributed by atoms with Gasteiger partial charge in [0.15, 0.2) is 0 Å². The topological polar surface area (TPSA) is 67.9 Å². The summed E-state index contributed by atoms with van der Waals surface area (Å²) in [5.74, 6) is 1.49. The first kappa shape index (κ1) is 19.9. The van der Waals surface area contributed by atoms with E-state index in [1.807, 2.05) is 56.3 Å². The lowest BCUT2D eigenvalue weighted by Crippen LogP contribution is -2.25. The van der Waals surface area contributed by atoms with Gasteiger partial charge < -0.3 is 4.74 Å². The Kier molecular flexibility index (Phi) is 5.39. The van der Waals surface area contributed by atoms with Gasteiger partial charge in [-0.3, -0.25) is 9.36 Å². The molecule has 2 aromatic carbocycles. The molecule has 0 bridgehead atoms. The lowest BCUT2D eigenvalue weighted by molar-refractivity contribution is 0.415. The van der Waals surface area contributed by atoms with E-state index in [-0.39, 0.29) is 5.56 Å². The van der Waals surface area contributed by atoms with E-state index in [0.717, 1.165) is 38.0 Å². The molecular formula is C24H21N3O2S. The van der Waals surface area contributed by atoms with Crippen LogP contribution in [0, 0.1) is 18.3 Å². The number of nitrogens with zero attached hydrogens (tertiary/aromatic N) is 3. The summed E-state index contributed by atoms with van der Waals surface area (Å²) in [5.41, 5.74) is 3.28. The molecule has 0 N–H and O–H groups in total. The highest BCUT2D eigenvalue weighted by Crippen LogP contribution is 2.37. The third kappa shape index (κ3) is 3.49. The van der Waals surface area contributed by atoms with Crippen molar-refractivity contribution in [3.05, 3.63) is 80.7 Å². The number of rotatable bonds is 5. The van der Waals surface area contributed by atoms with E-state index in [9.17, 15) is 10.1 Å². The van der Waals surface area contributed by atoms with Crippen molar-refractivity contribution >= 4 is 21.6 Å². The molecule has 0 aliphatic rings. The molecule has 30 heavy (non-hydrogen) atoms. The van der Waals surface area contributed by atoms with Gasteiger partial charge in [-0.1, -0.05) is 31.2 Å². The van der Waals surface area contributed by atoms with Crippen LogP contribution in [0.15, 0.2) is 53.3 Å². The van der Waals surface area contributed by atoms with Crippen molar-refractivity contribution in [1.82, 2.24) is 9.55 Å². The van der Waals surface area contributed by atoms with E-state index in [1.165, 1.54) is 0 Å². The Bertz CT molecular complexity index is 1350. The van der Waals surface area contributed by atoms with Crippen molar-refractivity contribution in [3.63, 3.8) is 0 Å². The Hall–Kier alpha value is -3.43. The van der Waals surface area contributed by atoms with Crippen LogP contribution in [0.5, 0.6) is 5.75 Å². The molecule has 0 amide bonds. The third-order valence-corrected chi connectivity index (χ3v) is 6.14. The summed E-state index contributed by atoms with van der Waals surface area (Å²) in [7, 11) is 1.63. The van der Waals surface area contributed by atoms with Crippen LogP contribution in [0.1, 0.15) is 28.8 Å². The number of thiophene rings is 1. The standard InChI is InChI=1S/C24H21N3O2S/c1-4-20-26-23-22(21(15(2)30-23)18-9-6-10-19(12-18)29-3)24(28)27(20)14-17-8-5-7-16(11-17)13-25/h5-12H,4,14H2,1-3H3. The number of nitriles is 1. The number of methoxy groups -OCH3 is 1. The predicted molar refractivity (Wildman–Crippen MR) is 120 cm³/mol. The molecule has 150 valence electrons. The fourth-order valence-electron chi connectivity index (χ4n) is 3.72. The largest absolute Gasteiger partial charge is 0.497 e. The number of fused-ring (bicyclic) bond motifs is 1. The second-order valence-electron chi connectivity index (χ2n) is 7.03. The summed E-state index contributed by atoms with van der Waals surface area (Å²) in [6.07, 6.45) is 0.647. The molecule has 0 spiro atoms. The smallest absolute Gasteiger partial charge is 0.263 e. The zero-order valence-electron chi connectivity index (χ0n) is 17.1. The monoisotopic (exact) mass is 415 g/mol. The van der Waals surface area contributed by atoms with E-state index < -0.39 is 0 Å². The van der Waals surface area contributed by atoms with Crippen LogP contribution in [0.2, 0.25) is 0 Å². The van der Waals surface area contributed by atoms with Crippen LogP contribution >= 0.6 is 11.3 Å². The number of benzene rings is 2. The minimum absolute atomic E-state index is 0.0543. The minimum Gasteiger partial charge on any atom is -0.497 e. The maximum Gasteiger partial charge on any atom is 0.263 e. The molecule has 2 aromatic heterocycles. The molecule has 2 heterocycles. The highest BCUT2D eigenvalue weighted by molar-refractivity contribution is 7.19. The molecule has 0 radical (unpaired) electrons. The Balaban J connectivity index is 1.94. The number of hydrogen-bond acceptors (Lipinski definition) is 5.